The lowest BCUT2D eigenvalue weighted by Crippen LogP contribution is -2.34. The average molecular weight is 508 g/mol. The second-order valence-electron chi connectivity index (χ2n) is 8.53. The fourth-order valence-corrected chi connectivity index (χ4v) is 4.84. The van der Waals surface area contributed by atoms with Crippen LogP contribution in [0.2, 0.25) is 5.02 Å². The van der Waals surface area contributed by atoms with Crippen LogP contribution in [0.15, 0.2) is 30.3 Å². The number of fused-ring (bicyclic) bond motifs is 1. The molecule has 1 fully saturated rings. The third-order valence-corrected chi connectivity index (χ3v) is 6.79. The summed E-state index contributed by atoms with van der Waals surface area (Å²) in [7, 11) is 0. The topological polar surface area (TPSA) is 125 Å². The molecule has 2 aromatic carbocycles. The molecule has 1 atom stereocenters. The summed E-state index contributed by atoms with van der Waals surface area (Å²) in [5, 5.41) is 0.341. The van der Waals surface area contributed by atoms with Crippen LogP contribution in [0.5, 0.6) is 11.5 Å². The van der Waals surface area contributed by atoms with Crippen molar-refractivity contribution in [1.82, 2.24) is 4.90 Å². The quantitative estimate of drug-likeness (QED) is 0.509. The Labute approximate surface area is 205 Å². The number of hydrogen-bond donors (Lipinski definition) is 2. The van der Waals surface area contributed by atoms with Gasteiger partial charge in [-0.1, -0.05) is 23.7 Å². The summed E-state index contributed by atoms with van der Waals surface area (Å²) in [5.74, 6) is -1.76. The zero-order valence-corrected chi connectivity index (χ0v) is 19.6. The van der Waals surface area contributed by atoms with Gasteiger partial charge in [0.1, 0.15) is 0 Å². The van der Waals surface area contributed by atoms with E-state index in [1.807, 2.05) is 0 Å². The summed E-state index contributed by atoms with van der Waals surface area (Å²) in [6, 6.07) is 6.63. The monoisotopic (exact) mass is 507 g/mol. The van der Waals surface area contributed by atoms with E-state index >= 15 is 0 Å². The number of carbonyl (C=O) groups excluding carboxylic acids is 3. The van der Waals surface area contributed by atoms with Gasteiger partial charge in [-0.2, -0.15) is 8.78 Å². The van der Waals surface area contributed by atoms with Gasteiger partial charge in [-0.25, -0.2) is 0 Å². The molecular weight excluding hydrogens is 484 g/mol. The van der Waals surface area contributed by atoms with Gasteiger partial charge in [0.15, 0.2) is 11.5 Å². The zero-order chi connectivity index (χ0) is 25.5. The second kappa shape index (κ2) is 9.33. The first-order valence-electron chi connectivity index (χ1n) is 11.0. The van der Waals surface area contributed by atoms with Crippen molar-refractivity contribution in [3.63, 3.8) is 0 Å². The van der Waals surface area contributed by atoms with Crippen LogP contribution in [0.3, 0.4) is 0 Å². The minimum Gasteiger partial charge on any atom is -0.490 e. The Kier molecular flexibility index (Phi) is 6.59. The number of hydrogen-bond acceptors (Lipinski definition) is 5. The lowest BCUT2D eigenvalue weighted by atomic mass is 9.89. The van der Waals surface area contributed by atoms with Gasteiger partial charge in [0, 0.05) is 17.1 Å². The molecule has 11 heteroatoms. The van der Waals surface area contributed by atoms with Gasteiger partial charge in [-0.05, 0) is 49.1 Å². The summed E-state index contributed by atoms with van der Waals surface area (Å²) in [5.41, 5.74) is 12.0. The molecule has 186 valence electrons. The molecule has 1 saturated carbocycles. The van der Waals surface area contributed by atoms with E-state index in [9.17, 15) is 23.2 Å². The van der Waals surface area contributed by atoms with E-state index in [0.717, 1.165) is 0 Å². The molecule has 1 unspecified atom stereocenters. The molecule has 0 aromatic heterocycles. The standard InChI is InChI=1S/C24H24ClF2N3O5/c1-2-34-18-9-12(3-6-17(18)35-23(26)27)16(10-19(28)31)30-11-13-15(25)5-4-14(20(13)21(30)32)24(7-8-24)22(29)33/h3-6,9,16,23H,2,7-8,10-11H2,1H3,(H2,28,31)(H2,29,33). The molecule has 2 aliphatic rings. The number of nitrogens with two attached hydrogens (primary N) is 2. The van der Waals surface area contributed by atoms with Crippen LogP contribution in [0.25, 0.3) is 0 Å². The molecule has 3 amide bonds. The maximum absolute atomic E-state index is 13.7. The third kappa shape index (κ3) is 4.50. The highest BCUT2D eigenvalue weighted by molar-refractivity contribution is 6.32. The van der Waals surface area contributed by atoms with Crippen LogP contribution in [-0.2, 0) is 21.5 Å². The first-order valence-corrected chi connectivity index (χ1v) is 11.4. The predicted molar refractivity (Wildman–Crippen MR) is 122 cm³/mol. The molecule has 0 radical (unpaired) electrons. The Morgan fingerprint density at radius 2 is 1.89 bits per heavy atom. The Balaban J connectivity index is 1.76. The van der Waals surface area contributed by atoms with Gasteiger partial charge >= 0.3 is 6.61 Å². The van der Waals surface area contributed by atoms with Gasteiger partial charge in [0.05, 0.1) is 30.0 Å². The van der Waals surface area contributed by atoms with Crippen molar-refractivity contribution >= 4 is 29.3 Å². The maximum atomic E-state index is 13.7. The maximum Gasteiger partial charge on any atom is 0.387 e. The Bertz CT molecular complexity index is 1200. The van der Waals surface area contributed by atoms with Crippen LogP contribution >= 0.6 is 11.6 Å². The predicted octanol–water partition coefficient (Wildman–Crippen LogP) is 3.43. The van der Waals surface area contributed by atoms with Crippen molar-refractivity contribution < 1.29 is 32.6 Å². The molecule has 2 aromatic rings. The van der Waals surface area contributed by atoms with Gasteiger partial charge in [-0.3, -0.25) is 14.4 Å². The highest BCUT2D eigenvalue weighted by Crippen LogP contribution is 2.52. The van der Waals surface area contributed by atoms with Gasteiger partial charge in [0.2, 0.25) is 11.8 Å². The van der Waals surface area contributed by atoms with E-state index < -0.39 is 35.8 Å². The number of benzene rings is 2. The number of alkyl halides is 2. The average Bonchev–Trinajstić information content (AvgIpc) is 3.52. The number of halogens is 3. The number of primary amides is 2. The second-order valence-corrected chi connectivity index (χ2v) is 8.94. The number of carbonyl (C=O) groups is 3. The zero-order valence-electron chi connectivity index (χ0n) is 18.9. The largest absolute Gasteiger partial charge is 0.490 e. The Morgan fingerprint density at radius 1 is 1.17 bits per heavy atom. The summed E-state index contributed by atoms with van der Waals surface area (Å²) < 4.78 is 35.6. The molecule has 0 spiro atoms. The molecule has 4 rings (SSSR count). The number of amides is 3. The molecule has 35 heavy (non-hydrogen) atoms. The van der Waals surface area contributed by atoms with Gasteiger partial charge in [0.25, 0.3) is 5.91 Å². The highest BCUT2D eigenvalue weighted by atomic mass is 35.5. The van der Waals surface area contributed by atoms with Gasteiger partial charge < -0.3 is 25.8 Å². The highest BCUT2D eigenvalue weighted by Gasteiger charge is 2.53. The van der Waals surface area contributed by atoms with Crippen molar-refractivity contribution in [1.29, 1.82) is 0 Å². The van der Waals surface area contributed by atoms with Crippen molar-refractivity contribution in [2.45, 2.75) is 50.8 Å². The smallest absolute Gasteiger partial charge is 0.387 e. The van der Waals surface area contributed by atoms with Crippen molar-refractivity contribution in [2.24, 2.45) is 11.5 Å². The summed E-state index contributed by atoms with van der Waals surface area (Å²) >= 11 is 6.42. The van der Waals surface area contributed by atoms with Crippen LogP contribution in [0, 0.1) is 0 Å². The molecular formula is C24H24ClF2N3O5. The van der Waals surface area contributed by atoms with Crippen LogP contribution in [0.4, 0.5) is 8.78 Å². The molecule has 1 aliphatic carbocycles. The van der Waals surface area contributed by atoms with Crippen LogP contribution in [0.1, 0.15) is 59.3 Å². The van der Waals surface area contributed by atoms with E-state index in [0.29, 0.717) is 40.1 Å². The van der Waals surface area contributed by atoms with Crippen molar-refractivity contribution in [3.05, 3.63) is 57.6 Å². The fourth-order valence-electron chi connectivity index (χ4n) is 4.62. The molecule has 1 aliphatic heterocycles. The number of nitrogens with zero attached hydrogens (tertiary/aromatic N) is 1. The lowest BCUT2D eigenvalue weighted by molar-refractivity contribution is -0.120. The fraction of sp³-hybridized carbons (Fsp3) is 0.375. The molecule has 4 N–H and O–H groups in total. The van der Waals surface area contributed by atoms with E-state index in [1.165, 1.54) is 23.1 Å². The van der Waals surface area contributed by atoms with Crippen LogP contribution < -0.4 is 20.9 Å². The summed E-state index contributed by atoms with van der Waals surface area (Å²) in [6.45, 7) is -1.15. The Morgan fingerprint density at radius 3 is 2.46 bits per heavy atom. The van der Waals surface area contributed by atoms with E-state index in [1.54, 1.807) is 19.1 Å². The molecule has 0 bridgehead atoms. The summed E-state index contributed by atoms with van der Waals surface area (Å²) in [4.78, 5) is 39.3. The van der Waals surface area contributed by atoms with Crippen molar-refractivity contribution in [2.75, 3.05) is 6.61 Å². The molecule has 8 nitrogen and oxygen atoms in total. The Hall–Kier alpha value is -3.40. The normalized spacial score (nSPS) is 16.7. The number of rotatable bonds is 10. The minimum absolute atomic E-state index is 0.0355. The van der Waals surface area contributed by atoms with E-state index in [-0.39, 0.29) is 31.1 Å². The first kappa shape index (κ1) is 24.7. The third-order valence-electron chi connectivity index (χ3n) is 6.44. The molecule has 0 saturated heterocycles. The van der Waals surface area contributed by atoms with E-state index in [4.69, 9.17) is 27.8 Å². The van der Waals surface area contributed by atoms with Crippen LogP contribution in [-0.4, -0.2) is 35.8 Å². The number of ether oxygens (including phenoxy) is 2. The lowest BCUT2D eigenvalue weighted by Gasteiger charge is -2.28. The molecule has 1 heterocycles. The first-order chi connectivity index (χ1) is 16.6. The van der Waals surface area contributed by atoms with Crippen molar-refractivity contribution in [3.8, 4) is 11.5 Å². The minimum atomic E-state index is -3.06. The van der Waals surface area contributed by atoms with Gasteiger partial charge in [-0.15, -0.1) is 0 Å². The SMILES string of the molecule is CCOc1cc(C(CC(N)=O)N2Cc3c(Cl)ccc(C4(C(N)=O)CC4)c3C2=O)ccc1OC(F)F. The van der Waals surface area contributed by atoms with E-state index in [2.05, 4.69) is 4.74 Å². The summed E-state index contributed by atoms with van der Waals surface area (Å²) in [6.07, 6.45) is 0.809.